The molecule has 0 saturated carbocycles. The van der Waals surface area contributed by atoms with Gasteiger partial charge in [0.05, 0.1) is 24.3 Å². The van der Waals surface area contributed by atoms with Crippen LogP contribution in [0.15, 0.2) is 24.3 Å². The number of hydrogen-bond donors (Lipinski definition) is 2. The van der Waals surface area contributed by atoms with Crippen molar-refractivity contribution < 1.29 is 14.6 Å². The first-order chi connectivity index (χ1) is 8.85. The van der Waals surface area contributed by atoms with Crippen LogP contribution >= 0.6 is 0 Å². The normalized spacial score (nSPS) is 12.4. The molecule has 0 heterocycles. The summed E-state index contributed by atoms with van der Waals surface area (Å²) < 4.78 is 5.12. The van der Waals surface area contributed by atoms with E-state index < -0.39 is 17.7 Å². The number of amides is 1. The summed E-state index contributed by atoms with van der Waals surface area (Å²) in [5, 5.41) is 20.7. The Morgan fingerprint density at radius 1 is 1.53 bits per heavy atom. The fourth-order valence-corrected chi connectivity index (χ4v) is 1.51. The summed E-state index contributed by atoms with van der Waals surface area (Å²) in [6.07, 6.45) is -0.603. The third-order valence-corrected chi connectivity index (χ3v) is 2.29. The second-order valence-corrected chi connectivity index (χ2v) is 5.12. The molecule has 5 nitrogen and oxygen atoms in total. The molecule has 0 bridgehead atoms. The Balaban J connectivity index is 2.78. The van der Waals surface area contributed by atoms with Crippen molar-refractivity contribution in [2.24, 2.45) is 0 Å². The summed E-state index contributed by atoms with van der Waals surface area (Å²) in [6, 6.07) is 8.14. The molecule has 2 N–H and O–H groups in total. The van der Waals surface area contributed by atoms with Crippen molar-refractivity contribution in [1.82, 2.24) is 5.32 Å². The highest BCUT2D eigenvalue weighted by atomic mass is 16.6. The van der Waals surface area contributed by atoms with Crippen LogP contribution in [0, 0.1) is 11.3 Å². The number of rotatable bonds is 3. The van der Waals surface area contributed by atoms with Gasteiger partial charge in [-0.2, -0.15) is 5.26 Å². The van der Waals surface area contributed by atoms with E-state index in [1.165, 1.54) is 0 Å². The Bertz CT molecular complexity index is 486. The topological polar surface area (TPSA) is 82.3 Å². The van der Waals surface area contributed by atoms with E-state index in [1.807, 2.05) is 6.07 Å². The molecule has 0 radical (unpaired) electrons. The van der Waals surface area contributed by atoms with Crippen LogP contribution in [-0.4, -0.2) is 23.4 Å². The molecular weight excluding hydrogens is 244 g/mol. The minimum absolute atomic E-state index is 0.270. The van der Waals surface area contributed by atoms with Crippen LogP contribution in [0.5, 0.6) is 0 Å². The summed E-state index contributed by atoms with van der Waals surface area (Å²) in [5.41, 5.74) is 0.535. The quantitative estimate of drug-likeness (QED) is 0.874. The lowest BCUT2D eigenvalue weighted by atomic mass is 10.1. The van der Waals surface area contributed by atoms with Crippen LogP contribution in [0.3, 0.4) is 0 Å². The molecule has 1 aromatic rings. The fourth-order valence-electron chi connectivity index (χ4n) is 1.51. The summed E-state index contributed by atoms with van der Waals surface area (Å²) >= 11 is 0. The van der Waals surface area contributed by atoms with E-state index in [9.17, 15) is 9.90 Å². The molecule has 102 valence electrons. The predicted molar refractivity (Wildman–Crippen MR) is 70.4 cm³/mol. The maximum Gasteiger partial charge on any atom is 0.408 e. The van der Waals surface area contributed by atoms with Gasteiger partial charge in [0.2, 0.25) is 0 Å². The van der Waals surface area contributed by atoms with Gasteiger partial charge < -0.3 is 15.2 Å². The summed E-state index contributed by atoms with van der Waals surface area (Å²) in [6.45, 7) is 5.01. The molecule has 0 aromatic heterocycles. The van der Waals surface area contributed by atoms with Crippen molar-refractivity contribution in [3.05, 3.63) is 35.4 Å². The third-order valence-electron chi connectivity index (χ3n) is 2.29. The third kappa shape index (κ3) is 4.98. The minimum Gasteiger partial charge on any atom is -0.444 e. The predicted octanol–water partition coefficient (Wildman–Crippen LogP) is 2.12. The molecule has 1 atom stereocenters. The molecule has 0 aliphatic rings. The van der Waals surface area contributed by atoms with Gasteiger partial charge in [0.25, 0.3) is 0 Å². The van der Waals surface area contributed by atoms with Crippen LogP contribution in [0.2, 0.25) is 0 Å². The van der Waals surface area contributed by atoms with Crippen molar-refractivity contribution in [3.63, 3.8) is 0 Å². The number of hydrogen-bond acceptors (Lipinski definition) is 4. The van der Waals surface area contributed by atoms with E-state index in [1.54, 1.807) is 45.0 Å². The molecule has 0 aliphatic carbocycles. The molecule has 5 heteroatoms. The molecule has 1 rings (SSSR count). The van der Waals surface area contributed by atoms with E-state index in [0.29, 0.717) is 11.1 Å². The second kappa shape index (κ2) is 6.21. The largest absolute Gasteiger partial charge is 0.444 e. The van der Waals surface area contributed by atoms with Gasteiger partial charge in [0.15, 0.2) is 0 Å². The lowest BCUT2D eigenvalue weighted by molar-refractivity contribution is 0.0482. The van der Waals surface area contributed by atoms with Gasteiger partial charge in [0, 0.05) is 0 Å². The molecule has 19 heavy (non-hydrogen) atoms. The Labute approximate surface area is 112 Å². The van der Waals surface area contributed by atoms with Crippen LogP contribution in [-0.2, 0) is 4.74 Å². The Morgan fingerprint density at radius 3 is 2.74 bits per heavy atom. The van der Waals surface area contributed by atoms with Crippen molar-refractivity contribution >= 4 is 6.09 Å². The molecule has 0 saturated heterocycles. The molecule has 0 unspecified atom stereocenters. The monoisotopic (exact) mass is 262 g/mol. The van der Waals surface area contributed by atoms with Crippen molar-refractivity contribution in [2.45, 2.75) is 32.4 Å². The number of nitriles is 1. The molecule has 1 amide bonds. The van der Waals surface area contributed by atoms with Crippen molar-refractivity contribution in [2.75, 3.05) is 6.61 Å². The highest BCUT2D eigenvalue weighted by Gasteiger charge is 2.20. The molecule has 1 aromatic carbocycles. The van der Waals surface area contributed by atoms with E-state index in [0.717, 1.165) is 0 Å². The van der Waals surface area contributed by atoms with Gasteiger partial charge >= 0.3 is 6.09 Å². The molecule has 0 aliphatic heterocycles. The highest BCUT2D eigenvalue weighted by Crippen LogP contribution is 2.15. The number of aliphatic hydroxyl groups is 1. The average Bonchev–Trinajstić information content (AvgIpc) is 2.34. The summed E-state index contributed by atoms with van der Waals surface area (Å²) in [4.78, 5) is 11.6. The van der Waals surface area contributed by atoms with Gasteiger partial charge in [-0.25, -0.2) is 4.79 Å². The van der Waals surface area contributed by atoms with Gasteiger partial charge in [-0.05, 0) is 38.5 Å². The maximum atomic E-state index is 11.6. The zero-order chi connectivity index (χ0) is 14.5. The van der Waals surface area contributed by atoms with Crippen molar-refractivity contribution in [3.8, 4) is 6.07 Å². The second-order valence-electron chi connectivity index (χ2n) is 5.12. The van der Waals surface area contributed by atoms with Crippen LogP contribution < -0.4 is 5.32 Å². The Morgan fingerprint density at radius 2 is 2.21 bits per heavy atom. The Kier molecular flexibility index (Phi) is 4.90. The number of ether oxygens (including phenoxy) is 1. The number of nitrogens with one attached hydrogen (secondary N) is 1. The van der Waals surface area contributed by atoms with Crippen LogP contribution in [0.25, 0.3) is 0 Å². The molecule has 0 fully saturated rings. The first kappa shape index (κ1) is 15.0. The summed E-state index contributed by atoms with van der Waals surface area (Å²) in [7, 11) is 0. The number of aliphatic hydroxyl groups excluding tert-OH is 1. The lowest BCUT2D eigenvalue weighted by Gasteiger charge is -2.23. The van der Waals surface area contributed by atoms with Crippen molar-refractivity contribution in [1.29, 1.82) is 5.26 Å². The number of carbonyl (C=O) groups excluding carboxylic acids is 1. The summed E-state index contributed by atoms with van der Waals surface area (Å²) in [5.74, 6) is 0. The fraction of sp³-hybridized carbons (Fsp3) is 0.429. The maximum absolute atomic E-state index is 11.6. The number of alkyl carbamates (subject to hydrolysis) is 1. The van der Waals surface area contributed by atoms with Gasteiger partial charge in [-0.1, -0.05) is 12.1 Å². The van der Waals surface area contributed by atoms with E-state index >= 15 is 0 Å². The SMILES string of the molecule is CC(C)(C)OC(=O)N[C@H](CO)c1cccc(C#N)c1. The first-order valence-electron chi connectivity index (χ1n) is 5.96. The van der Waals surface area contributed by atoms with Crippen LogP contribution in [0.4, 0.5) is 4.79 Å². The zero-order valence-corrected chi connectivity index (χ0v) is 11.3. The zero-order valence-electron chi connectivity index (χ0n) is 11.3. The smallest absolute Gasteiger partial charge is 0.408 e. The first-order valence-corrected chi connectivity index (χ1v) is 5.96. The van der Waals surface area contributed by atoms with Gasteiger partial charge in [-0.15, -0.1) is 0 Å². The average molecular weight is 262 g/mol. The number of carbonyl (C=O) groups is 1. The number of benzene rings is 1. The van der Waals surface area contributed by atoms with E-state index in [4.69, 9.17) is 10.00 Å². The molecule has 0 spiro atoms. The number of nitrogens with zero attached hydrogens (tertiary/aromatic N) is 1. The van der Waals surface area contributed by atoms with Gasteiger partial charge in [-0.3, -0.25) is 0 Å². The van der Waals surface area contributed by atoms with Gasteiger partial charge in [0.1, 0.15) is 5.60 Å². The standard InChI is InChI=1S/C14H18N2O3/c1-14(2,3)19-13(18)16-12(9-17)11-6-4-5-10(7-11)8-15/h4-7,12,17H,9H2,1-3H3,(H,16,18)/t12-/m1/s1. The lowest BCUT2D eigenvalue weighted by Crippen LogP contribution is -2.36. The molecular formula is C14H18N2O3. The highest BCUT2D eigenvalue weighted by molar-refractivity contribution is 5.68. The van der Waals surface area contributed by atoms with E-state index in [2.05, 4.69) is 5.32 Å². The Hall–Kier alpha value is -2.06. The minimum atomic E-state index is -0.603. The van der Waals surface area contributed by atoms with E-state index in [-0.39, 0.29) is 6.61 Å². The van der Waals surface area contributed by atoms with Crippen LogP contribution in [0.1, 0.15) is 37.9 Å².